The molecule has 1 aromatic rings. The van der Waals surface area contributed by atoms with Crippen molar-refractivity contribution in [3.63, 3.8) is 0 Å². The molecule has 0 saturated carbocycles. The zero-order valence-corrected chi connectivity index (χ0v) is 12.0. The monoisotopic (exact) mass is 336 g/mol. The molecule has 2 amide bonds. The van der Waals surface area contributed by atoms with E-state index in [0.717, 1.165) is 6.07 Å². The lowest BCUT2D eigenvalue weighted by atomic mass is 10.1. The van der Waals surface area contributed by atoms with Gasteiger partial charge < -0.3 is 10.6 Å². The minimum atomic E-state index is -4.85. The molecule has 0 spiro atoms. The summed E-state index contributed by atoms with van der Waals surface area (Å²) < 4.78 is 51.0. The van der Waals surface area contributed by atoms with Crippen LogP contribution in [0.15, 0.2) is 18.2 Å². The summed E-state index contributed by atoms with van der Waals surface area (Å²) in [6.45, 7) is 0. The van der Waals surface area contributed by atoms with Gasteiger partial charge in [0.25, 0.3) is 0 Å². The molecular formula is C13H12F4N2O2S. The first-order chi connectivity index (χ1) is 10.3. The molecule has 0 unspecified atom stereocenters. The zero-order chi connectivity index (χ0) is 16.3. The minimum Gasteiger partial charge on any atom is -0.343 e. The van der Waals surface area contributed by atoms with Crippen LogP contribution in [0.3, 0.4) is 0 Å². The third kappa shape index (κ3) is 4.12. The lowest BCUT2D eigenvalue weighted by Gasteiger charge is -2.16. The molecule has 4 nitrogen and oxygen atoms in total. The summed E-state index contributed by atoms with van der Waals surface area (Å²) >= 11 is 1.39. The summed E-state index contributed by atoms with van der Waals surface area (Å²) in [6.07, 6.45) is -4.57. The smallest absolute Gasteiger partial charge is 0.343 e. The van der Waals surface area contributed by atoms with Gasteiger partial charge in [0.2, 0.25) is 11.8 Å². The Labute approximate surface area is 127 Å². The number of amides is 2. The van der Waals surface area contributed by atoms with Crippen LogP contribution in [0, 0.1) is 5.82 Å². The van der Waals surface area contributed by atoms with E-state index in [2.05, 4.69) is 10.6 Å². The molecule has 2 rings (SSSR count). The number of benzene rings is 1. The number of carbonyl (C=O) groups is 2. The van der Waals surface area contributed by atoms with Crippen LogP contribution in [-0.2, 0) is 15.8 Å². The number of hydrogen-bond acceptors (Lipinski definition) is 3. The van der Waals surface area contributed by atoms with E-state index in [-0.39, 0.29) is 18.0 Å². The van der Waals surface area contributed by atoms with Gasteiger partial charge in [-0.25, -0.2) is 4.39 Å². The molecule has 0 aliphatic carbocycles. The van der Waals surface area contributed by atoms with Crippen LogP contribution in [0.1, 0.15) is 12.0 Å². The van der Waals surface area contributed by atoms with E-state index in [9.17, 15) is 27.2 Å². The van der Waals surface area contributed by atoms with Crippen molar-refractivity contribution in [3.8, 4) is 0 Å². The number of hydrogen-bond donors (Lipinski definition) is 2. The summed E-state index contributed by atoms with van der Waals surface area (Å²) in [7, 11) is 0. The Morgan fingerprint density at radius 2 is 2.09 bits per heavy atom. The van der Waals surface area contributed by atoms with Gasteiger partial charge in [-0.2, -0.15) is 24.9 Å². The van der Waals surface area contributed by atoms with E-state index in [1.807, 2.05) is 0 Å². The molecule has 2 N–H and O–H groups in total. The van der Waals surface area contributed by atoms with Crippen molar-refractivity contribution in [1.82, 2.24) is 5.32 Å². The maximum absolute atomic E-state index is 13.2. The van der Waals surface area contributed by atoms with Gasteiger partial charge in [-0.05, 0) is 18.2 Å². The van der Waals surface area contributed by atoms with E-state index in [0.29, 0.717) is 23.6 Å². The van der Waals surface area contributed by atoms with Crippen LogP contribution in [-0.4, -0.2) is 29.4 Å². The van der Waals surface area contributed by atoms with Crippen LogP contribution in [0.25, 0.3) is 0 Å². The molecule has 1 aliphatic rings. The van der Waals surface area contributed by atoms with Crippen molar-refractivity contribution in [1.29, 1.82) is 0 Å². The van der Waals surface area contributed by atoms with Gasteiger partial charge >= 0.3 is 6.18 Å². The maximum atomic E-state index is 13.2. The summed E-state index contributed by atoms with van der Waals surface area (Å²) in [4.78, 5) is 23.4. The normalized spacial score (nSPS) is 19.3. The average molecular weight is 336 g/mol. The van der Waals surface area contributed by atoms with Gasteiger partial charge in [-0.3, -0.25) is 9.59 Å². The maximum Gasteiger partial charge on any atom is 0.419 e. The summed E-state index contributed by atoms with van der Waals surface area (Å²) in [5.74, 6) is -1.44. The highest BCUT2D eigenvalue weighted by Crippen LogP contribution is 2.33. The van der Waals surface area contributed by atoms with E-state index in [1.165, 1.54) is 11.8 Å². The molecule has 9 heteroatoms. The molecule has 0 aromatic heterocycles. The fourth-order valence-corrected chi connectivity index (χ4v) is 2.83. The fraction of sp³-hybridized carbons (Fsp3) is 0.385. The topological polar surface area (TPSA) is 58.2 Å². The predicted molar refractivity (Wildman–Crippen MR) is 73.9 cm³/mol. The van der Waals surface area contributed by atoms with Crippen molar-refractivity contribution in [2.75, 3.05) is 16.8 Å². The molecule has 1 fully saturated rings. The van der Waals surface area contributed by atoms with Crippen molar-refractivity contribution >= 4 is 29.3 Å². The fourth-order valence-electron chi connectivity index (χ4n) is 1.87. The average Bonchev–Trinajstić information content (AvgIpc) is 2.64. The van der Waals surface area contributed by atoms with Gasteiger partial charge in [-0.15, -0.1) is 0 Å². The second-order valence-corrected chi connectivity index (χ2v) is 5.78. The van der Waals surface area contributed by atoms with Crippen molar-refractivity contribution in [3.05, 3.63) is 29.6 Å². The van der Waals surface area contributed by atoms with Crippen LogP contribution in [0.5, 0.6) is 0 Å². The number of rotatable bonds is 2. The second-order valence-electron chi connectivity index (χ2n) is 4.63. The van der Waals surface area contributed by atoms with Crippen LogP contribution in [0.2, 0.25) is 0 Å². The molecule has 0 radical (unpaired) electrons. The van der Waals surface area contributed by atoms with E-state index in [1.54, 1.807) is 0 Å². The van der Waals surface area contributed by atoms with Gasteiger partial charge in [0.05, 0.1) is 5.56 Å². The summed E-state index contributed by atoms with van der Waals surface area (Å²) in [5.41, 5.74) is -1.63. The van der Waals surface area contributed by atoms with E-state index < -0.39 is 29.5 Å². The van der Waals surface area contributed by atoms with Crippen LogP contribution in [0.4, 0.5) is 23.2 Å². The lowest BCUT2D eigenvalue weighted by molar-refractivity contribution is -0.140. The SMILES string of the molecule is O=C1CCSC[C@@H](C(=O)Nc2ccc(F)c(C(F)(F)F)c2)N1. The van der Waals surface area contributed by atoms with E-state index >= 15 is 0 Å². The first-order valence-corrected chi connectivity index (χ1v) is 7.47. The standard InChI is InChI=1S/C13H12F4N2O2S/c14-9-2-1-7(5-8(9)13(15,16)17)18-12(21)10-6-22-4-3-11(20)19-10/h1-2,5,10H,3-4,6H2,(H,18,21)(H,19,20)/t10-/m0/s1. The lowest BCUT2D eigenvalue weighted by Crippen LogP contribution is -2.44. The van der Waals surface area contributed by atoms with Gasteiger partial charge in [-0.1, -0.05) is 0 Å². The summed E-state index contributed by atoms with van der Waals surface area (Å²) in [5, 5.41) is 4.75. The Morgan fingerprint density at radius 3 is 2.77 bits per heavy atom. The number of carbonyl (C=O) groups excluding carboxylic acids is 2. The molecule has 120 valence electrons. The molecule has 22 heavy (non-hydrogen) atoms. The highest BCUT2D eigenvalue weighted by molar-refractivity contribution is 7.99. The van der Waals surface area contributed by atoms with Gasteiger partial charge in [0.1, 0.15) is 11.9 Å². The number of alkyl halides is 3. The highest BCUT2D eigenvalue weighted by atomic mass is 32.2. The Balaban J connectivity index is 2.13. The molecule has 1 saturated heterocycles. The quantitative estimate of drug-likeness (QED) is 0.816. The van der Waals surface area contributed by atoms with E-state index in [4.69, 9.17) is 0 Å². The van der Waals surface area contributed by atoms with Gasteiger partial charge in [0, 0.05) is 23.6 Å². The predicted octanol–water partition coefficient (Wildman–Crippen LogP) is 2.40. The summed E-state index contributed by atoms with van der Waals surface area (Å²) in [6, 6.07) is 1.37. The number of halogens is 4. The number of thioether (sulfide) groups is 1. The Hall–Kier alpha value is -1.77. The Kier molecular flexibility index (Phi) is 4.94. The second kappa shape index (κ2) is 6.55. The molecule has 1 aromatic carbocycles. The molecule has 1 aliphatic heterocycles. The minimum absolute atomic E-state index is 0.178. The Morgan fingerprint density at radius 1 is 1.36 bits per heavy atom. The van der Waals surface area contributed by atoms with Crippen molar-refractivity contribution < 1.29 is 27.2 Å². The van der Waals surface area contributed by atoms with Gasteiger partial charge in [0.15, 0.2) is 0 Å². The third-order valence-electron chi connectivity index (χ3n) is 2.95. The molecule has 1 atom stereocenters. The number of nitrogens with one attached hydrogen (secondary N) is 2. The van der Waals surface area contributed by atoms with Crippen molar-refractivity contribution in [2.24, 2.45) is 0 Å². The molecular weight excluding hydrogens is 324 g/mol. The Bertz CT molecular complexity index is 592. The number of anilines is 1. The molecule has 1 heterocycles. The van der Waals surface area contributed by atoms with Crippen LogP contribution < -0.4 is 10.6 Å². The first-order valence-electron chi connectivity index (χ1n) is 6.32. The largest absolute Gasteiger partial charge is 0.419 e. The third-order valence-corrected chi connectivity index (χ3v) is 4.01. The van der Waals surface area contributed by atoms with Crippen molar-refractivity contribution in [2.45, 2.75) is 18.6 Å². The zero-order valence-electron chi connectivity index (χ0n) is 11.2. The highest BCUT2D eigenvalue weighted by Gasteiger charge is 2.34. The molecule has 0 bridgehead atoms. The van der Waals surface area contributed by atoms with Crippen LogP contribution >= 0.6 is 11.8 Å². The first kappa shape index (κ1) is 16.6.